The first-order valence-electron chi connectivity index (χ1n) is 7.72. The summed E-state index contributed by atoms with van der Waals surface area (Å²) in [5.74, 6) is -0.287. The predicted octanol–water partition coefficient (Wildman–Crippen LogP) is 0.944. The van der Waals surface area contributed by atoms with Gasteiger partial charge in [0.1, 0.15) is 0 Å². The van der Waals surface area contributed by atoms with Gasteiger partial charge >= 0.3 is 5.69 Å². The molecule has 9 nitrogen and oxygen atoms in total. The lowest BCUT2D eigenvalue weighted by Crippen LogP contribution is -2.42. The van der Waals surface area contributed by atoms with Gasteiger partial charge in [0, 0.05) is 18.2 Å². The summed E-state index contributed by atoms with van der Waals surface area (Å²) in [5.41, 5.74) is -0.446. The number of hydrogen-bond donors (Lipinski definition) is 0. The Labute approximate surface area is 145 Å². The van der Waals surface area contributed by atoms with Crippen LogP contribution in [0.15, 0.2) is 23.1 Å². The fourth-order valence-corrected chi connectivity index (χ4v) is 6.82. The maximum atomic E-state index is 13.1. The Kier molecular flexibility index (Phi) is 4.50. The summed E-state index contributed by atoms with van der Waals surface area (Å²) in [7, 11) is -6.04. The van der Waals surface area contributed by atoms with Crippen LogP contribution in [0.5, 0.6) is 5.75 Å². The maximum Gasteiger partial charge on any atom is 0.312 e. The minimum absolute atomic E-state index is 0.0367. The smallest absolute Gasteiger partial charge is 0.312 e. The molecule has 2 aliphatic rings. The molecule has 1 aromatic carbocycles. The molecular formula is C14H18N2O7S2. The summed E-state index contributed by atoms with van der Waals surface area (Å²) in [5, 5.41) is 11.2. The molecule has 2 fully saturated rings. The van der Waals surface area contributed by atoms with E-state index in [2.05, 4.69) is 0 Å². The monoisotopic (exact) mass is 390 g/mol. The number of rotatable bonds is 6. The molecule has 0 spiro atoms. The van der Waals surface area contributed by atoms with Crippen molar-refractivity contribution in [1.29, 1.82) is 0 Å². The highest BCUT2D eigenvalue weighted by Gasteiger charge is 2.46. The highest BCUT2D eigenvalue weighted by atomic mass is 32.2. The molecule has 1 atom stereocenters. The van der Waals surface area contributed by atoms with Crippen molar-refractivity contribution < 1.29 is 26.5 Å². The number of sulfonamides is 1. The van der Waals surface area contributed by atoms with E-state index >= 15 is 0 Å². The molecular weight excluding hydrogens is 372 g/mol. The number of nitro groups is 1. The van der Waals surface area contributed by atoms with Gasteiger partial charge in [0.15, 0.2) is 15.6 Å². The van der Waals surface area contributed by atoms with Crippen LogP contribution in [0.3, 0.4) is 0 Å². The molecule has 1 unspecified atom stereocenters. The van der Waals surface area contributed by atoms with Gasteiger partial charge in [0.05, 0.1) is 28.4 Å². The highest BCUT2D eigenvalue weighted by Crippen LogP contribution is 2.38. The number of sulfone groups is 1. The van der Waals surface area contributed by atoms with Crippen LogP contribution in [0.2, 0.25) is 0 Å². The standard InChI is InChI=1S/C14H18N2O7S2/c1-23-14-5-4-12(8-13(14)16(17)18)25(21,22)15(10-2-3-10)11-6-7-24(19,20)9-11/h4-5,8,10-11H,2-3,6-7,9H2,1H3. The van der Waals surface area contributed by atoms with Gasteiger partial charge in [0.25, 0.3) is 0 Å². The van der Waals surface area contributed by atoms with E-state index in [0.29, 0.717) is 12.8 Å². The Balaban J connectivity index is 2.02. The summed E-state index contributed by atoms with van der Waals surface area (Å²) < 4.78 is 55.7. The van der Waals surface area contributed by atoms with Gasteiger partial charge < -0.3 is 4.74 Å². The topological polar surface area (TPSA) is 124 Å². The fraction of sp³-hybridized carbons (Fsp3) is 0.571. The molecule has 0 aromatic heterocycles. The second-order valence-corrected chi connectivity index (χ2v) is 10.3. The molecule has 3 rings (SSSR count). The van der Waals surface area contributed by atoms with Crippen molar-refractivity contribution in [2.24, 2.45) is 0 Å². The minimum Gasteiger partial charge on any atom is -0.490 e. The van der Waals surface area contributed by atoms with E-state index in [-0.39, 0.29) is 34.6 Å². The van der Waals surface area contributed by atoms with Crippen molar-refractivity contribution in [2.75, 3.05) is 18.6 Å². The molecule has 0 N–H and O–H groups in total. The Morgan fingerprint density at radius 1 is 1.24 bits per heavy atom. The van der Waals surface area contributed by atoms with E-state index in [1.807, 2.05) is 0 Å². The molecule has 0 radical (unpaired) electrons. The van der Waals surface area contributed by atoms with Gasteiger partial charge in [-0.25, -0.2) is 16.8 Å². The largest absolute Gasteiger partial charge is 0.490 e. The zero-order valence-electron chi connectivity index (χ0n) is 13.5. The number of hydrogen-bond acceptors (Lipinski definition) is 7. The third-order valence-corrected chi connectivity index (χ3v) is 8.15. The van der Waals surface area contributed by atoms with Crippen molar-refractivity contribution in [3.05, 3.63) is 28.3 Å². The van der Waals surface area contributed by atoms with Gasteiger partial charge in [-0.1, -0.05) is 0 Å². The zero-order valence-corrected chi connectivity index (χ0v) is 15.1. The molecule has 1 aliphatic carbocycles. The Hall–Kier alpha value is -1.72. The molecule has 1 aromatic rings. The number of ether oxygens (including phenoxy) is 1. The second-order valence-electron chi connectivity index (χ2n) is 6.21. The lowest BCUT2D eigenvalue weighted by atomic mass is 10.2. The Morgan fingerprint density at radius 2 is 1.92 bits per heavy atom. The van der Waals surface area contributed by atoms with Crippen molar-refractivity contribution >= 4 is 25.5 Å². The summed E-state index contributed by atoms with van der Waals surface area (Å²) >= 11 is 0. The first kappa shape index (κ1) is 18.1. The number of methoxy groups -OCH3 is 1. The van der Waals surface area contributed by atoms with Crippen LogP contribution in [-0.4, -0.2) is 56.8 Å². The van der Waals surface area contributed by atoms with Crippen molar-refractivity contribution in [1.82, 2.24) is 4.31 Å². The van der Waals surface area contributed by atoms with E-state index < -0.39 is 36.5 Å². The van der Waals surface area contributed by atoms with Crippen molar-refractivity contribution in [3.8, 4) is 5.75 Å². The lowest BCUT2D eigenvalue weighted by molar-refractivity contribution is -0.386. The van der Waals surface area contributed by atoms with Crippen molar-refractivity contribution in [2.45, 2.75) is 36.2 Å². The fourth-order valence-electron chi connectivity index (χ4n) is 3.09. The van der Waals surface area contributed by atoms with E-state index in [4.69, 9.17) is 4.74 Å². The average Bonchev–Trinajstić information content (AvgIpc) is 3.29. The van der Waals surface area contributed by atoms with E-state index in [9.17, 15) is 26.9 Å². The van der Waals surface area contributed by atoms with Crippen LogP contribution >= 0.6 is 0 Å². The lowest BCUT2D eigenvalue weighted by Gasteiger charge is -2.27. The van der Waals surface area contributed by atoms with Crippen LogP contribution in [0.4, 0.5) is 5.69 Å². The molecule has 1 aliphatic heterocycles. The SMILES string of the molecule is COc1ccc(S(=O)(=O)N(C2CC2)C2CCS(=O)(=O)C2)cc1[N+](=O)[O-]. The van der Waals surface area contributed by atoms with Crippen molar-refractivity contribution in [3.63, 3.8) is 0 Å². The Bertz CT molecular complexity index is 907. The molecule has 1 saturated carbocycles. The van der Waals surface area contributed by atoms with Crippen LogP contribution in [0.25, 0.3) is 0 Å². The average molecular weight is 390 g/mol. The highest BCUT2D eigenvalue weighted by molar-refractivity contribution is 7.92. The van der Waals surface area contributed by atoms with Gasteiger partial charge in [-0.3, -0.25) is 10.1 Å². The first-order valence-corrected chi connectivity index (χ1v) is 11.0. The second kappa shape index (κ2) is 6.22. The Morgan fingerprint density at radius 3 is 2.40 bits per heavy atom. The molecule has 1 saturated heterocycles. The molecule has 0 bridgehead atoms. The number of nitrogens with zero attached hydrogens (tertiary/aromatic N) is 2. The molecule has 138 valence electrons. The van der Waals surface area contributed by atoms with Crippen LogP contribution in [0.1, 0.15) is 19.3 Å². The van der Waals surface area contributed by atoms with Crippen LogP contribution < -0.4 is 4.74 Å². The van der Waals surface area contributed by atoms with E-state index in [1.165, 1.54) is 23.5 Å². The van der Waals surface area contributed by atoms with E-state index in [0.717, 1.165) is 6.07 Å². The third-order valence-electron chi connectivity index (χ3n) is 4.40. The van der Waals surface area contributed by atoms with Crippen LogP contribution in [0, 0.1) is 10.1 Å². The van der Waals surface area contributed by atoms with E-state index in [1.54, 1.807) is 0 Å². The summed E-state index contributed by atoms with van der Waals surface area (Å²) in [4.78, 5) is 10.2. The summed E-state index contributed by atoms with van der Waals surface area (Å²) in [6.45, 7) is 0. The number of benzene rings is 1. The normalized spacial score (nSPS) is 22.9. The minimum atomic E-state index is -4.04. The zero-order chi connectivity index (χ0) is 18.4. The third kappa shape index (κ3) is 3.48. The summed E-state index contributed by atoms with van der Waals surface area (Å²) in [6.07, 6.45) is 1.57. The quantitative estimate of drug-likeness (QED) is 0.523. The molecule has 0 amide bonds. The van der Waals surface area contributed by atoms with Gasteiger partial charge in [-0.2, -0.15) is 4.31 Å². The van der Waals surface area contributed by atoms with Gasteiger partial charge in [-0.05, 0) is 31.4 Å². The maximum absolute atomic E-state index is 13.1. The predicted molar refractivity (Wildman–Crippen MR) is 88.8 cm³/mol. The molecule has 11 heteroatoms. The van der Waals surface area contributed by atoms with Crippen LogP contribution in [-0.2, 0) is 19.9 Å². The molecule has 25 heavy (non-hydrogen) atoms. The molecule has 1 heterocycles. The summed E-state index contributed by atoms with van der Waals surface area (Å²) in [6, 6.07) is 2.59. The first-order chi connectivity index (χ1) is 11.7. The number of nitro benzene ring substituents is 1. The van der Waals surface area contributed by atoms with Gasteiger partial charge in [-0.15, -0.1) is 0 Å². The van der Waals surface area contributed by atoms with Gasteiger partial charge in [0.2, 0.25) is 10.0 Å².